The number of carbonyl (C=O) groups is 1. The summed E-state index contributed by atoms with van der Waals surface area (Å²) in [6.45, 7) is 1.31. The summed E-state index contributed by atoms with van der Waals surface area (Å²) in [6, 6.07) is 5.91. The average Bonchev–Trinajstić information content (AvgIpc) is 2.19. The number of hydrogen-bond donors (Lipinski definition) is 2. The van der Waals surface area contributed by atoms with E-state index in [1.807, 2.05) is 0 Å². The summed E-state index contributed by atoms with van der Waals surface area (Å²) in [4.78, 5) is 22.2. The van der Waals surface area contributed by atoms with Crippen LogP contribution in [-0.2, 0) is 4.79 Å². The minimum Gasteiger partial charge on any atom is -0.508 e. The summed E-state index contributed by atoms with van der Waals surface area (Å²) < 4.78 is 4.94. The highest BCUT2D eigenvalue weighted by molar-refractivity contribution is 5.91. The van der Waals surface area contributed by atoms with Gasteiger partial charge >= 0.3 is 5.63 Å². The molecule has 0 unspecified atom stereocenters. The monoisotopic (exact) mass is 219 g/mol. The number of aromatic hydroxyl groups is 1. The molecule has 1 aromatic carbocycles. The number of nitrogens with one attached hydrogen (secondary N) is 1. The van der Waals surface area contributed by atoms with Gasteiger partial charge in [-0.25, -0.2) is 4.79 Å². The lowest BCUT2D eigenvalue weighted by molar-refractivity contribution is -0.114. The Balaban J connectivity index is 2.63. The predicted molar refractivity (Wildman–Crippen MR) is 58.5 cm³/mol. The van der Waals surface area contributed by atoms with E-state index in [2.05, 4.69) is 5.32 Å². The molecule has 1 heterocycles. The van der Waals surface area contributed by atoms with Crippen molar-refractivity contribution in [1.82, 2.24) is 0 Å². The maximum absolute atomic E-state index is 11.4. The van der Waals surface area contributed by atoms with E-state index in [9.17, 15) is 14.7 Å². The normalized spacial score (nSPS) is 10.3. The number of phenolic OH excluding ortho intramolecular Hbond substituents is 1. The molecular weight excluding hydrogens is 210 g/mol. The van der Waals surface area contributed by atoms with Gasteiger partial charge in [-0.05, 0) is 18.2 Å². The number of phenols is 1. The summed E-state index contributed by atoms with van der Waals surface area (Å²) in [7, 11) is 0. The van der Waals surface area contributed by atoms with Crippen molar-refractivity contribution in [3.8, 4) is 5.75 Å². The molecule has 0 aliphatic rings. The van der Waals surface area contributed by atoms with E-state index < -0.39 is 5.63 Å². The third kappa shape index (κ3) is 1.88. The molecule has 1 aromatic heterocycles. The first kappa shape index (κ1) is 10.2. The van der Waals surface area contributed by atoms with Crippen molar-refractivity contribution in [2.24, 2.45) is 0 Å². The Kier molecular flexibility index (Phi) is 2.36. The Hall–Kier alpha value is -2.30. The van der Waals surface area contributed by atoms with E-state index in [0.717, 1.165) is 0 Å². The molecule has 0 saturated heterocycles. The lowest BCUT2D eigenvalue weighted by Gasteiger charge is -2.02. The van der Waals surface area contributed by atoms with Crippen LogP contribution in [-0.4, -0.2) is 11.0 Å². The number of carbonyl (C=O) groups excluding carboxylic acids is 1. The largest absolute Gasteiger partial charge is 0.508 e. The molecule has 5 nitrogen and oxygen atoms in total. The molecular formula is C11H9NO4. The highest BCUT2D eigenvalue weighted by Gasteiger charge is 2.06. The molecule has 0 spiro atoms. The molecule has 5 heteroatoms. The molecule has 0 aliphatic carbocycles. The highest BCUT2D eigenvalue weighted by atomic mass is 16.4. The zero-order chi connectivity index (χ0) is 11.7. The van der Waals surface area contributed by atoms with Crippen LogP contribution < -0.4 is 10.9 Å². The fourth-order valence-electron chi connectivity index (χ4n) is 1.38. The number of benzene rings is 1. The van der Waals surface area contributed by atoms with Crippen molar-refractivity contribution in [1.29, 1.82) is 0 Å². The first-order valence-electron chi connectivity index (χ1n) is 4.61. The van der Waals surface area contributed by atoms with E-state index in [0.29, 0.717) is 5.39 Å². The molecule has 82 valence electrons. The van der Waals surface area contributed by atoms with E-state index >= 15 is 0 Å². The molecule has 0 bridgehead atoms. The molecule has 0 saturated carbocycles. The van der Waals surface area contributed by atoms with Crippen LogP contribution in [0.5, 0.6) is 5.75 Å². The molecule has 2 rings (SSSR count). The zero-order valence-electron chi connectivity index (χ0n) is 8.48. The van der Waals surface area contributed by atoms with Crippen molar-refractivity contribution < 1.29 is 14.3 Å². The molecule has 1 amide bonds. The minimum absolute atomic E-state index is 0.0166. The van der Waals surface area contributed by atoms with Gasteiger partial charge in [0.05, 0.1) is 0 Å². The van der Waals surface area contributed by atoms with Gasteiger partial charge in [0.1, 0.15) is 17.0 Å². The van der Waals surface area contributed by atoms with Crippen molar-refractivity contribution >= 4 is 22.6 Å². The van der Waals surface area contributed by atoms with E-state index in [1.165, 1.54) is 25.1 Å². The quantitative estimate of drug-likeness (QED) is 0.711. The van der Waals surface area contributed by atoms with Gasteiger partial charge in [-0.1, -0.05) is 0 Å². The van der Waals surface area contributed by atoms with Gasteiger partial charge in [-0.2, -0.15) is 0 Å². The molecule has 0 radical (unpaired) electrons. The first-order chi connectivity index (χ1) is 7.56. The summed E-state index contributed by atoms with van der Waals surface area (Å²) in [5.41, 5.74) is -0.280. The zero-order valence-corrected chi connectivity index (χ0v) is 8.48. The maximum Gasteiger partial charge on any atom is 0.360 e. The smallest absolute Gasteiger partial charge is 0.360 e. The third-order valence-corrected chi connectivity index (χ3v) is 2.03. The second-order valence-corrected chi connectivity index (χ2v) is 3.35. The molecule has 0 atom stereocenters. The Morgan fingerprint density at radius 2 is 2.12 bits per heavy atom. The molecule has 16 heavy (non-hydrogen) atoms. The first-order valence-corrected chi connectivity index (χ1v) is 4.61. The number of fused-ring (bicyclic) bond motifs is 1. The minimum atomic E-state index is -0.645. The van der Waals surface area contributed by atoms with Gasteiger partial charge in [0.2, 0.25) is 5.91 Å². The summed E-state index contributed by atoms with van der Waals surface area (Å²) in [6.07, 6.45) is 0. The molecule has 2 aromatic rings. The number of anilines is 1. The van der Waals surface area contributed by atoms with Crippen LogP contribution in [0.4, 0.5) is 5.69 Å². The van der Waals surface area contributed by atoms with Crippen LogP contribution in [0.15, 0.2) is 33.5 Å². The fraction of sp³-hybridized carbons (Fsp3) is 0.0909. The Morgan fingerprint density at radius 1 is 1.38 bits per heavy atom. The number of rotatable bonds is 1. The topological polar surface area (TPSA) is 79.5 Å². The van der Waals surface area contributed by atoms with Gasteiger partial charge in [-0.3, -0.25) is 4.79 Å². The van der Waals surface area contributed by atoms with Gasteiger partial charge in [-0.15, -0.1) is 0 Å². The van der Waals surface area contributed by atoms with E-state index in [1.54, 1.807) is 6.07 Å². The molecule has 0 aliphatic heterocycles. The van der Waals surface area contributed by atoms with E-state index in [4.69, 9.17) is 4.42 Å². The number of hydrogen-bond acceptors (Lipinski definition) is 4. The predicted octanol–water partition coefficient (Wildman–Crippen LogP) is 1.46. The van der Waals surface area contributed by atoms with Crippen molar-refractivity contribution in [3.05, 3.63) is 34.7 Å². The van der Waals surface area contributed by atoms with Crippen LogP contribution in [0.2, 0.25) is 0 Å². The lowest BCUT2D eigenvalue weighted by atomic mass is 10.2. The Labute approximate surface area is 90.3 Å². The standard InChI is InChI=1S/C11H9NO4/c1-6(13)12-9-4-7-2-3-8(14)5-10(7)16-11(9)15/h2-5,14H,1H3,(H,12,13). The van der Waals surface area contributed by atoms with Crippen molar-refractivity contribution in [2.75, 3.05) is 5.32 Å². The Bertz CT molecular complexity index is 615. The van der Waals surface area contributed by atoms with Crippen LogP contribution >= 0.6 is 0 Å². The highest BCUT2D eigenvalue weighted by Crippen LogP contribution is 2.20. The fourth-order valence-corrected chi connectivity index (χ4v) is 1.38. The van der Waals surface area contributed by atoms with Crippen LogP contribution in [0.3, 0.4) is 0 Å². The molecule has 0 fully saturated rings. The second kappa shape index (κ2) is 3.69. The number of amides is 1. The van der Waals surface area contributed by atoms with Crippen LogP contribution in [0.25, 0.3) is 11.0 Å². The van der Waals surface area contributed by atoms with Gasteiger partial charge in [0.15, 0.2) is 0 Å². The van der Waals surface area contributed by atoms with Crippen molar-refractivity contribution in [3.63, 3.8) is 0 Å². The second-order valence-electron chi connectivity index (χ2n) is 3.35. The van der Waals surface area contributed by atoms with Gasteiger partial charge in [0.25, 0.3) is 0 Å². The maximum atomic E-state index is 11.4. The summed E-state index contributed by atoms with van der Waals surface area (Å²) in [5, 5.41) is 12.2. The van der Waals surface area contributed by atoms with Crippen LogP contribution in [0, 0.1) is 0 Å². The van der Waals surface area contributed by atoms with Gasteiger partial charge in [0, 0.05) is 18.4 Å². The average molecular weight is 219 g/mol. The summed E-state index contributed by atoms with van der Waals surface area (Å²) in [5.74, 6) is -0.326. The summed E-state index contributed by atoms with van der Waals surface area (Å²) >= 11 is 0. The molecule has 2 N–H and O–H groups in total. The van der Waals surface area contributed by atoms with Crippen LogP contribution in [0.1, 0.15) is 6.92 Å². The third-order valence-electron chi connectivity index (χ3n) is 2.03. The SMILES string of the molecule is CC(=O)Nc1cc2ccc(O)cc2oc1=O. The Morgan fingerprint density at radius 3 is 2.81 bits per heavy atom. The lowest BCUT2D eigenvalue weighted by Crippen LogP contribution is -2.14. The van der Waals surface area contributed by atoms with Gasteiger partial charge < -0.3 is 14.8 Å². The van der Waals surface area contributed by atoms with Crippen molar-refractivity contribution in [2.45, 2.75) is 6.92 Å². The van der Waals surface area contributed by atoms with E-state index in [-0.39, 0.29) is 22.9 Å².